The van der Waals surface area contributed by atoms with E-state index in [0.29, 0.717) is 18.4 Å². The topological polar surface area (TPSA) is 27.7 Å². The molecule has 1 aromatic rings. The summed E-state index contributed by atoms with van der Waals surface area (Å²) in [5, 5.41) is 0.237. The van der Waals surface area contributed by atoms with Gasteiger partial charge in [-0.3, -0.25) is 0 Å². The fourth-order valence-corrected chi connectivity index (χ4v) is 4.89. The van der Waals surface area contributed by atoms with E-state index in [1.165, 1.54) is 5.56 Å². The molecule has 0 saturated carbocycles. The summed E-state index contributed by atoms with van der Waals surface area (Å²) in [6.45, 7) is 19.0. The molecule has 0 saturated heterocycles. The monoisotopic (exact) mass is 520 g/mol. The van der Waals surface area contributed by atoms with Crippen LogP contribution < -0.4 is 4.74 Å². The molecule has 0 aliphatic rings. The number of hydrogen-bond donors (Lipinski definition) is 0. The van der Waals surface area contributed by atoms with Crippen molar-refractivity contribution in [2.45, 2.75) is 84.9 Å². The predicted octanol–water partition coefficient (Wildman–Crippen LogP) is 7.09. The Balaban J connectivity index is 2.71. The molecule has 0 amide bonds. The molecule has 0 aliphatic carbocycles. The Morgan fingerprint density at radius 2 is 1.57 bits per heavy atom. The molecule has 1 rings (SSSR count). The van der Waals surface area contributed by atoms with Crippen LogP contribution in [0.15, 0.2) is 24.3 Å². The molecular formula is C23H41IO3Si. The lowest BCUT2D eigenvalue weighted by atomic mass is 9.93. The third-order valence-corrected chi connectivity index (χ3v) is 12.2. The SMILES string of the molecule is COc1ccc(CO[C@H](C[C@H](C)[C@H](C)O[Si](C)(C)C(C)(C)C)[C@@H](C)CI)cc1. The Morgan fingerprint density at radius 3 is 2.04 bits per heavy atom. The van der Waals surface area contributed by atoms with Crippen LogP contribution in [-0.4, -0.2) is 32.1 Å². The lowest BCUT2D eigenvalue weighted by Gasteiger charge is -2.40. The third-order valence-electron chi connectivity index (χ3n) is 6.19. The molecule has 0 N–H and O–H groups in total. The van der Waals surface area contributed by atoms with E-state index in [9.17, 15) is 0 Å². The Bertz CT molecular complexity index is 568. The number of rotatable bonds is 11. The second-order valence-corrected chi connectivity index (χ2v) is 15.3. The molecule has 0 radical (unpaired) electrons. The molecule has 162 valence electrons. The minimum atomic E-state index is -1.75. The van der Waals surface area contributed by atoms with Gasteiger partial charge in [0, 0.05) is 10.5 Å². The highest BCUT2D eigenvalue weighted by Gasteiger charge is 2.39. The van der Waals surface area contributed by atoms with Gasteiger partial charge in [-0.15, -0.1) is 0 Å². The molecule has 0 spiro atoms. The quantitative estimate of drug-likeness (QED) is 0.177. The minimum absolute atomic E-state index is 0.236. The summed E-state index contributed by atoms with van der Waals surface area (Å²) in [7, 11) is -0.0592. The Kier molecular flexibility index (Phi) is 10.5. The zero-order valence-corrected chi connectivity index (χ0v) is 22.5. The molecule has 3 nitrogen and oxygen atoms in total. The summed E-state index contributed by atoms with van der Waals surface area (Å²) in [5.74, 6) is 1.85. The van der Waals surface area contributed by atoms with Crippen molar-refractivity contribution >= 4 is 30.9 Å². The van der Waals surface area contributed by atoms with Crippen molar-refractivity contribution < 1.29 is 13.9 Å². The standard InChI is InChI=1S/C23H41IO3Si/c1-17(19(3)27-28(8,9)23(4,5)6)14-22(18(2)15-24)26-16-20-10-12-21(25-7)13-11-20/h10-13,17-19,22H,14-16H2,1-9H3/t17-,18-,19-,22+/m0/s1. The molecule has 28 heavy (non-hydrogen) atoms. The van der Waals surface area contributed by atoms with Gasteiger partial charge in [0.1, 0.15) is 5.75 Å². The molecule has 0 fully saturated rings. The molecule has 5 heteroatoms. The first-order chi connectivity index (χ1) is 12.9. The smallest absolute Gasteiger partial charge is 0.192 e. The van der Waals surface area contributed by atoms with Crippen LogP contribution in [-0.2, 0) is 15.8 Å². The van der Waals surface area contributed by atoms with Crippen LogP contribution in [0, 0.1) is 11.8 Å². The summed E-state index contributed by atoms with van der Waals surface area (Å²) in [4.78, 5) is 0. The molecule has 0 aliphatic heterocycles. The van der Waals surface area contributed by atoms with Crippen LogP contribution >= 0.6 is 22.6 Å². The maximum Gasteiger partial charge on any atom is 0.192 e. The van der Waals surface area contributed by atoms with Crippen molar-refractivity contribution in [2.75, 3.05) is 11.5 Å². The van der Waals surface area contributed by atoms with Crippen LogP contribution in [0.1, 0.15) is 53.5 Å². The van der Waals surface area contributed by atoms with E-state index >= 15 is 0 Å². The Hall–Kier alpha value is -0.113. The number of methoxy groups -OCH3 is 1. The number of alkyl halides is 1. The van der Waals surface area contributed by atoms with Crippen LogP contribution in [0.3, 0.4) is 0 Å². The Morgan fingerprint density at radius 1 is 1.00 bits per heavy atom. The maximum absolute atomic E-state index is 6.63. The van der Waals surface area contributed by atoms with Crippen molar-refractivity contribution in [3.05, 3.63) is 29.8 Å². The Labute approximate surface area is 188 Å². The van der Waals surface area contributed by atoms with Crippen molar-refractivity contribution in [2.24, 2.45) is 11.8 Å². The first-order valence-electron chi connectivity index (χ1n) is 10.4. The first-order valence-corrected chi connectivity index (χ1v) is 14.8. The van der Waals surface area contributed by atoms with E-state index in [2.05, 4.69) is 89.4 Å². The van der Waals surface area contributed by atoms with E-state index in [1.807, 2.05) is 12.1 Å². The fraction of sp³-hybridized carbons (Fsp3) is 0.739. The maximum atomic E-state index is 6.63. The normalized spacial score (nSPS) is 17.1. The van der Waals surface area contributed by atoms with Crippen molar-refractivity contribution in [1.82, 2.24) is 0 Å². The van der Waals surface area contributed by atoms with Gasteiger partial charge in [0.2, 0.25) is 0 Å². The summed E-state index contributed by atoms with van der Waals surface area (Å²) >= 11 is 2.47. The molecule has 4 atom stereocenters. The first kappa shape index (κ1) is 25.9. The van der Waals surface area contributed by atoms with E-state index < -0.39 is 8.32 Å². The number of benzene rings is 1. The van der Waals surface area contributed by atoms with E-state index in [0.717, 1.165) is 16.6 Å². The average molecular weight is 521 g/mol. The molecule has 1 aromatic carbocycles. The van der Waals surface area contributed by atoms with Gasteiger partial charge in [0.15, 0.2) is 8.32 Å². The van der Waals surface area contributed by atoms with Gasteiger partial charge in [-0.25, -0.2) is 0 Å². The fourth-order valence-electron chi connectivity index (χ4n) is 2.80. The lowest BCUT2D eigenvalue weighted by molar-refractivity contribution is -0.0137. The van der Waals surface area contributed by atoms with Crippen molar-refractivity contribution in [3.63, 3.8) is 0 Å². The summed E-state index contributed by atoms with van der Waals surface area (Å²) in [6.07, 6.45) is 1.50. The second kappa shape index (κ2) is 11.3. The summed E-state index contributed by atoms with van der Waals surface area (Å²) in [5.41, 5.74) is 1.18. The van der Waals surface area contributed by atoms with Crippen LogP contribution in [0.2, 0.25) is 18.1 Å². The highest BCUT2D eigenvalue weighted by molar-refractivity contribution is 14.1. The van der Waals surface area contributed by atoms with Gasteiger partial charge in [-0.1, -0.05) is 69.3 Å². The van der Waals surface area contributed by atoms with Crippen LogP contribution in [0.5, 0.6) is 5.75 Å². The predicted molar refractivity (Wildman–Crippen MR) is 131 cm³/mol. The highest BCUT2D eigenvalue weighted by atomic mass is 127. The number of hydrogen-bond acceptors (Lipinski definition) is 3. The van der Waals surface area contributed by atoms with E-state index in [4.69, 9.17) is 13.9 Å². The number of halogens is 1. The minimum Gasteiger partial charge on any atom is -0.497 e. The third kappa shape index (κ3) is 7.96. The zero-order chi connectivity index (χ0) is 21.5. The molecule has 0 bridgehead atoms. The van der Waals surface area contributed by atoms with Gasteiger partial charge in [0.05, 0.1) is 19.8 Å². The zero-order valence-electron chi connectivity index (χ0n) is 19.3. The van der Waals surface area contributed by atoms with Crippen LogP contribution in [0.25, 0.3) is 0 Å². The molecule has 0 heterocycles. The highest BCUT2D eigenvalue weighted by Crippen LogP contribution is 2.38. The van der Waals surface area contributed by atoms with E-state index in [-0.39, 0.29) is 17.2 Å². The molecular weight excluding hydrogens is 479 g/mol. The van der Waals surface area contributed by atoms with Gasteiger partial charge in [-0.05, 0) is 61.0 Å². The van der Waals surface area contributed by atoms with Crippen molar-refractivity contribution in [3.8, 4) is 5.75 Å². The lowest BCUT2D eigenvalue weighted by Crippen LogP contribution is -2.45. The second-order valence-electron chi connectivity index (χ2n) is 9.63. The van der Waals surface area contributed by atoms with Gasteiger partial charge >= 0.3 is 0 Å². The largest absolute Gasteiger partial charge is 0.497 e. The van der Waals surface area contributed by atoms with Crippen LogP contribution in [0.4, 0.5) is 0 Å². The number of ether oxygens (including phenoxy) is 2. The summed E-state index contributed by atoms with van der Waals surface area (Å²) < 4.78 is 19.3. The summed E-state index contributed by atoms with van der Waals surface area (Å²) in [6, 6.07) is 8.15. The molecule has 0 unspecified atom stereocenters. The average Bonchev–Trinajstić information content (AvgIpc) is 2.63. The van der Waals surface area contributed by atoms with Crippen molar-refractivity contribution in [1.29, 1.82) is 0 Å². The molecule has 0 aromatic heterocycles. The van der Waals surface area contributed by atoms with Gasteiger partial charge in [0.25, 0.3) is 0 Å². The van der Waals surface area contributed by atoms with Gasteiger partial charge < -0.3 is 13.9 Å². The van der Waals surface area contributed by atoms with E-state index in [1.54, 1.807) is 7.11 Å². The van der Waals surface area contributed by atoms with Gasteiger partial charge in [-0.2, -0.15) is 0 Å².